The third kappa shape index (κ3) is 4.81. The maximum Gasteiger partial charge on any atom is 0.227 e. The summed E-state index contributed by atoms with van der Waals surface area (Å²) in [5, 5.41) is 9.28. The lowest BCUT2D eigenvalue weighted by atomic mass is 9.93. The topological polar surface area (TPSA) is 70.2 Å². The second-order valence-corrected chi connectivity index (χ2v) is 7.07. The molecule has 0 spiro atoms. The monoisotopic (exact) mass is 329 g/mol. The van der Waals surface area contributed by atoms with Gasteiger partial charge in [0.1, 0.15) is 0 Å². The van der Waals surface area contributed by atoms with Crippen LogP contribution >= 0.6 is 0 Å². The Morgan fingerprint density at radius 3 is 2.58 bits per heavy atom. The van der Waals surface area contributed by atoms with E-state index >= 15 is 0 Å². The molecule has 5 nitrogen and oxygen atoms in total. The number of benzene rings is 1. The Labute approximate surface area is 143 Å². The maximum absolute atomic E-state index is 12.2. The van der Waals surface area contributed by atoms with Crippen molar-refractivity contribution in [2.75, 3.05) is 23.7 Å². The summed E-state index contributed by atoms with van der Waals surface area (Å²) in [6, 6.07) is 5.68. The molecule has 0 atom stereocenters. The van der Waals surface area contributed by atoms with Gasteiger partial charge in [-0.3, -0.25) is 9.59 Å². The van der Waals surface area contributed by atoms with E-state index in [1.807, 2.05) is 25.1 Å². The van der Waals surface area contributed by atoms with Gasteiger partial charge in [-0.2, -0.15) is 0 Å². The number of amides is 2. The highest BCUT2D eigenvalue weighted by Gasteiger charge is 2.29. The number of anilines is 2. The smallest absolute Gasteiger partial charge is 0.227 e. The Morgan fingerprint density at radius 1 is 1.12 bits per heavy atom. The summed E-state index contributed by atoms with van der Waals surface area (Å²) in [6.07, 6.45) is 5.80. The zero-order chi connectivity index (χ0) is 16.9. The number of carbonyl (C=O) groups is 2. The molecule has 0 bridgehead atoms. The average Bonchev–Trinajstić information content (AvgIpc) is 3.42. The molecule has 2 fully saturated rings. The molecule has 1 saturated carbocycles. The van der Waals surface area contributed by atoms with Gasteiger partial charge in [-0.1, -0.05) is 6.07 Å². The number of nitrogens with one attached hydrogen (secondary N) is 3. The van der Waals surface area contributed by atoms with Gasteiger partial charge in [-0.25, -0.2) is 0 Å². The van der Waals surface area contributed by atoms with Crippen LogP contribution in [0.4, 0.5) is 11.4 Å². The van der Waals surface area contributed by atoms with Crippen molar-refractivity contribution in [2.45, 2.75) is 45.4 Å². The molecule has 2 amide bonds. The fourth-order valence-corrected chi connectivity index (χ4v) is 3.14. The van der Waals surface area contributed by atoms with Crippen LogP contribution in [-0.4, -0.2) is 24.9 Å². The number of carbonyl (C=O) groups excluding carboxylic acids is 2. The van der Waals surface area contributed by atoms with Crippen molar-refractivity contribution in [3.8, 4) is 0 Å². The zero-order valence-corrected chi connectivity index (χ0v) is 14.4. The summed E-state index contributed by atoms with van der Waals surface area (Å²) < 4.78 is 0. The van der Waals surface area contributed by atoms with Gasteiger partial charge in [0.15, 0.2) is 0 Å². The van der Waals surface area contributed by atoms with E-state index < -0.39 is 0 Å². The molecule has 1 aromatic rings. The third-order valence-electron chi connectivity index (χ3n) is 4.97. The maximum atomic E-state index is 12.2. The third-order valence-corrected chi connectivity index (χ3v) is 4.97. The van der Waals surface area contributed by atoms with Crippen LogP contribution in [0, 0.1) is 18.8 Å². The highest BCUT2D eigenvalue weighted by atomic mass is 16.2. The second kappa shape index (κ2) is 7.79. The SMILES string of the molecule is Cc1ccc(NC(=O)C2CC2)cc1NC(=O)CCC1CCNCC1. The van der Waals surface area contributed by atoms with Crippen molar-refractivity contribution in [3.63, 3.8) is 0 Å². The normalized spacial score (nSPS) is 18.2. The predicted molar refractivity (Wildman–Crippen MR) is 96.0 cm³/mol. The lowest BCUT2D eigenvalue weighted by Gasteiger charge is -2.22. The van der Waals surface area contributed by atoms with Gasteiger partial charge in [0.05, 0.1) is 0 Å². The minimum absolute atomic E-state index is 0.0577. The number of hydrogen-bond acceptors (Lipinski definition) is 3. The van der Waals surface area contributed by atoms with E-state index in [9.17, 15) is 9.59 Å². The molecule has 0 unspecified atom stereocenters. The molecule has 130 valence electrons. The zero-order valence-electron chi connectivity index (χ0n) is 14.4. The Morgan fingerprint density at radius 2 is 1.88 bits per heavy atom. The molecule has 2 aliphatic rings. The van der Waals surface area contributed by atoms with Gasteiger partial charge in [0, 0.05) is 23.7 Å². The minimum atomic E-state index is 0.0577. The molecule has 5 heteroatoms. The van der Waals surface area contributed by atoms with E-state index in [0.29, 0.717) is 12.3 Å². The highest BCUT2D eigenvalue weighted by molar-refractivity contribution is 5.96. The van der Waals surface area contributed by atoms with Crippen molar-refractivity contribution in [1.82, 2.24) is 5.32 Å². The largest absolute Gasteiger partial charge is 0.326 e. The Balaban J connectivity index is 1.52. The molecular formula is C19H27N3O2. The van der Waals surface area contributed by atoms with Crippen molar-refractivity contribution in [3.05, 3.63) is 23.8 Å². The van der Waals surface area contributed by atoms with Crippen LogP contribution in [0.1, 0.15) is 44.1 Å². The summed E-state index contributed by atoms with van der Waals surface area (Å²) in [6.45, 7) is 4.09. The van der Waals surface area contributed by atoms with E-state index in [2.05, 4.69) is 16.0 Å². The summed E-state index contributed by atoms with van der Waals surface area (Å²) in [5.41, 5.74) is 2.56. The minimum Gasteiger partial charge on any atom is -0.326 e. The molecule has 1 saturated heterocycles. The quantitative estimate of drug-likeness (QED) is 0.751. The molecule has 1 aliphatic heterocycles. The van der Waals surface area contributed by atoms with Crippen molar-refractivity contribution in [1.29, 1.82) is 0 Å². The van der Waals surface area contributed by atoms with E-state index in [1.165, 1.54) is 0 Å². The lowest BCUT2D eigenvalue weighted by molar-refractivity contribution is -0.117. The van der Waals surface area contributed by atoms with Crippen LogP contribution in [0.3, 0.4) is 0 Å². The summed E-state index contributed by atoms with van der Waals surface area (Å²) >= 11 is 0. The molecule has 3 N–H and O–H groups in total. The van der Waals surface area contributed by atoms with Gasteiger partial charge in [-0.15, -0.1) is 0 Å². The first kappa shape index (κ1) is 17.0. The van der Waals surface area contributed by atoms with E-state index in [-0.39, 0.29) is 17.7 Å². The molecule has 1 heterocycles. The molecule has 24 heavy (non-hydrogen) atoms. The first-order valence-electron chi connectivity index (χ1n) is 9.04. The molecule has 0 aromatic heterocycles. The first-order valence-corrected chi connectivity index (χ1v) is 9.04. The van der Waals surface area contributed by atoms with Crippen LogP contribution in [0.25, 0.3) is 0 Å². The van der Waals surface area contributed by atoms with Gasteiger partial charge in [0.25, 0.3) is 0 Å². The fourth-order valence-electron chi connectivity index (χ4n) is 3.14. The Kier molecular flexibility index (Phi) is 5.51. The highest BCUT2D eigenvalue weighted by Crippen LogP contribution is 2.31. The standard InChI is InChI=1S/C19H27N3O2/c1-13-2-6-16(21-19(24)15-4-5-15)12-17(13)22-18(23)7-3-14-8-10-20-11-9-14/h2,6,12,14-15,20H,3-5,7-11H2,1H3,(H,21,24)(H,22,23). The number of hydrogen-bond donors (Lipinski definition) is 3. The van der Waals surface area contributed by atoms with Gasteiger partial charge in [0.2, 0.25) is 11.8 Å². The first-order chi connectivity index (χ1) is 11.6. The van der Waals surface area contributed by atoms with Crippen molar-refractivity contribution in [2.24, 2.45) is 11.8 Å². The van der Waals surface area contributed by atoms with E-state index in [0.717, 1.165) is 62.1 Å². The van der Waals surface area contributed by atoms with Crippen LogP contribution in [0.5, 0.6) is 0 Å². The van der Waals surface area contributed by atoms with Crippen LogP contribution in [0.2, 0.25) is 0 Å². The number of piperidine rings is 1. The number of aryl methyl sites for hydroxylation is 1. The lowest BCUT2D eigenvalue weighted by Crippen LogP contribution is -2.28. The number of rotatable bonds is 6. The molecule has 1 aliphatic carbocycles. The summed E-state index contributed by atoms with van der Waals surface area (Å²) in [4.78, 5) is 24.1. The second-order valence-electron chi connectivity index (χ2n) is 7.07. The average molecular weight is 329 g/mol. The van der Waals surface area contributed by atoms with Crippen LogP contribution in [-0.2, 0) is 9.59 Å². The van der Waals surface area contributed by atoms with E-state index in [4.69, 9.17) is 0 Å². The Hall–Kier alpha value is -1.88. The Bertz CT molecular complexity index is 605. The van der Waals surface area contributed by atoms with Gasteiger partial charge in [-0.05, 0) is 75.7 Å². The van der Waals surface area contributed by atoms with Crippen molar-refractivity contribution < 1.29 is 9.59 Å². The van der Waals surface area contributed by atoms with Gasteiger partial charge >= 0.3 is 0 Å². The molecule has 0 radical (unpaired) electrons. The van der Waals surface area contributed by atoms with Crippen LogP contribution in [0.15, 0.2) is 18.2 Å². The summed E-state index contributed by atoms with van der Waals surface area (Å²) in [5.74, 6) is 0.973. The molecule has 1 aromatic carbocycles. The fraction of sp³-hybridized carbons (Fsp3) is 0.579. The van der Waals surface area contributed by atoms with Gasteiger partial charge < -0.3 is 16.0 Å². The van der Waals surface area contributed by atoms with Crippen LogP contribution < -0.4 is 16.0 Å². The summed E-state index contributed by atoms with van der Waals surface area (Å²) in [7, 11) is 0. The predicted octanol–water partition coefficient (Wildman–Crippen LogP) is 3.06. The molecule has 3 rings (SSSR count). The van der Waals surface area contributed by atoms with Crippen molar-refractivity contribution >= 4 is 23.2 Å². The van der Waals surface area contributed by atoms with E-state index in [1.54, 1.807) is 0 Å². The molecular weight excluding hydrogens is 302 g/mol.